The van der Waals surface area contributed by atoms with Gasteiger partial charge in [-0.05, 0) is 30.5 Å². The van der Waals surface area contributed by atoms with Crippen LogP contribution in [0, 0.1) is 6.92 Å². The molecule has 5 heteroatoms. The third-order valence-corrected chi connectivity index (χ3v) is 4.95. The van der Waals surface area contributed by atoms with Gasteiger partial charge in [-0.3, -0.25) is 0 Å². The smallest absolute Gasteiger partial charge is 0.121 e. The lowest BCUT2D eigenvalue weighted by molar-refractivity contribution is 0.322. The Kier molecular flexibility index (Phi) is 4.22. The quantitative estimate of drug-likeness (QED) is 0.710. The van der Waals surface area contributed by atoms with Crippen LogP contribution in [-0.4, -0.2) is 11.6 Å². The molecule has 0 saturated carbocycles. The Balaban J connectivity index is 1.62. The molecule has 2 N–H and O–H groups in total. The van der Waals surface area contributed by atoms with Crippen LogP contribution in [0.4, 0.5) is 5.69 Å². The number of hydrogen-bond acceptors (Lipinski definition) is 5. The maximum Gasteiger partial charge on any atom is 0.121 e. The summed E-state index contributed by atoms with van der Waals surface area (Å²) in [6, 6.07) is 11.7. The standard InChI is InChI=1S/C16H16N2OS2/c1-11-16(14-6-3-9-20-14)18-15(21-11)7-8-19-13-5-2-4-12(17)10-13/h2-6,9-10H,7-8,17H2,1H3. The molecular formula is C16H16N2OS2. The Morgan fingerprint density at radius 3 is 2.90 bits per heavy atom. The summed E-state index contributed by atoms with van der Waals surface area (Å²) in [6.07, 6.45) is 0.811. The Morgan fingerprint density at radius 2 is 2.14 bits per heavy atom. The highest BCUT2D eigenvalue weighted by Gasteiger charge is 2.10. The molecule has 0 saturated heterocycles. The highest BCUT2D eigenvalue weighted by Crippen LogP contribution is 2.30. The van der Waals surface area contributed by atoms with Gasteiger partial charge in [0.1, 0.15) is 5.75 Å². The summed E-state index contributed by atoms with van der Waals surface area (Å²) in [5, 5.41) is 3.19. The number of nitrogens with two attached hydrogens (primary N) is 1. The van der Waals surface area contributed by atoms with Crippen LogP contribution in [0.5, 0.6) is 5.75 Å². The lowest BCUT2D eigenvalue weighted by atomic mass is 10.3. The molecule has 0 unspecified atom stereocenters. The van der Waals surface area contributed by atoms with Gasteiger partial charge in [0.2, 0.25) is 0 Å². The summed E-state index contributed by atoms with van der Waals surface area (Å²) in [5.41, 5.74) is 7.56. The highest BCUT2D eigenvalue weighted by molar-refractivity contribution is 7.15. The average Bonchev–Trinajstić information content (AvgIpc) is 3.08. The number of rotatable bonds is 5. The molecule has 1 aromatic carbocycles. The van der Waals surface area contributed by atoms with E-state index in [4.69, 9.17) is 15.5 Å². The molecule has 0 aliphatic carbocycles. The van der Waals surface area contributed by atoms with Gasteiger partial charge >= 0.3 is 0 Å². The summed E-state index contributed by atoms with van der Waals surface area (Å²) in [5.74, 6) is 0.807. The zero-order valence-corrected chi connectivity index (χ0v) is 13.3. The van der Waals surface area contributed by atoms with Gasteiger partial charge in [0, 0.05) is 23.1 Å². The fraction of sp³-hybridized carbons (Fsp3) is 0.188. The number of nitrogen functional groups attached to an aromatic ring is 1. The van der Waals surface area contributed by atoms with Crippen LogP contribution >= 0.6 is 22.7 Å². The summed E-state index contributed by atoms with van der Waals surface area (Å²) < 4.78 is 5.72. The maximum atomic E-state index is 5.73. The van der Waals surface area contributed by atoms with Crippen LogP contribution in [0.2, 0.25) is 0 Å². The molecule has 2 aromatic heterocycles. The van der Waals surface area contributed by atoms with Crippen LogP contribution in [0.1, 0.15) is 9.88 Å². The lowest BCUT2D eigenvalue weighted by Gasteiger charge is -2.05. The van der Waals surface area contributed by atoms with Gasteiger partial charge in [0.15, 0.2) is 0 Å². The Labute approximate surface area is 132 Å². The van der Waals surface area contributed by atoms with Crippen LogP contribution in [0.25, 0.3) is 10.6 Å². The minimum Gasteiger partial charge on any atom is -0.493 e. The number of anilines is 1. The molecule has 0 bridgehead atoms. The zero-order chi connectivity index (χ0) is 14.7. The van der Waals surface area contributed by atoms with Crippen LogP contribution in [-0.2, 0) is 6.42 Å². The van der Waals surface area contributed by atoms with Crippen molar-refractivity contribution in [1.29, 1.82) is 0 Å². The van der Waals surface area contributed by atoms with Gasteiger partial charge in [-0.15, -0.1) is 22.7 Å². The van der Waals surface area contributed by atoms with Crippen LogP contribution in [0.3, 0.4) is 0 Å². The SMILES string of the molecule is Cc1sc(CCOc2cccc(N)c2)nc1-c1cccs1. The number of hydrogen-bond donors (Lipinski definition) is 1. The second-order valence-corrected chi connectivity index (χ2v) is 6.90. The van der Waals surface area contributed by atoms with E-state index in [1.54, 1.807) is 22.7 Å². The molecule has 0 fully saturated rings. The number of aryl methyl sites for hydroxylation is 1. The molecule has 3 rings (SSSR count). The van der Waals surface area contributed by atoms with E-state index < -0.39 is 0 Å². The monoisotopic (exact) mass is 316 g/mol. The van der Waals surface area contributed by atoms with Crippen molar-refractivity contribution in [2.45, 2.75) is 13.3 Å². The first-order valence-corrected chi connectivity index (χ1v) is 8.40. The molecule has 0 aliphatic heterocycles. The highest BCUT2D eigenvalue weighted by atomic mass is 32.1. The molecule has 0 radical (unpaired) electrons. The fourth-order valence-corrected chi connectivity index (χ4v) is 3.82. The lowest BCUT2D eigenvalue weighted by Crippen LogP contribution is -2.01. The molecule has 0 spiro atoms. The third-order valence-electron chi connectivity index (χ3n) is 3.04. The molecule has 21 heavy (non-hydrogen) atoms. The summed E-state index contributed by atoms with van der Waals surface area (Å²) in [6.45, 7) is 2.73. The number of ether oxygens (including phenoxy) is 1. The average molecular weight is 316 g/mol. The number of benzene rings is 1. The molecule has 0 aliphatic rings. The van der Waals surface area contributed by atoms with Crippen molar-refractivity contribution in [2.75, 3.05) is 12.3 Å². The van der Waals surface area contributed by atoms with Gasteiger partial charge in [-0.1, -0.05) is 12.1 Å². The number of aromatic nitrogens is 1. The van der Waals surface area contributed by atoms with Crippen molar-refractivity contribution in [1.82, 2.24) is 4.98 Å². The first kappa shape index (κ1) is 14.1. The Morgan fingerprint density at radius 1 is 1.24 bits per heavy atom. The predicted molar refractivity (Wildman–Crippen MR) is 90.2 cm³/mol. The fourth-order valence-electron chi connectivity index (χ4n) is 2.06. The third kappa shape index (κ3) is 3.43. The normalized spacial score (nSPS) is 10.7. The van der Waals surface area contributed by atoms with Gasteiger partial charge in [-0.25, -0.2) is 4.98 Å². The molecular weight excluding hydrogens is 300 g/mol. The van der Waals surface area contributed by atoms with E-state index in [9.17, 15) is 0 Å². The van der Waals surface area contributed by atoms with Gasteiger partial charge in [-0.2, -0.15) is 0 Å². The van der Waals surface area contributed by atoms with E-state index in [1.807, 2.05) is 24.3 Å². The van der Waals surface area contributed by atoms with Crippen molar-refractivity contribution >= 4 is 28.4 Å². The minimum atomic E-state index is 0.611. The van der Waals surface area contributed by atoms with Crippen molar-refractivity contribution in [3.05, 3.63) is 51.7 Å². The van der Waals surface area contributed by atoms with Gasteiger partial charge in [0.05, 0.1) is 22.2 Å². The van der Waals surface area contributed by atoms with E-state index in [0.717, 1.165) is 28.6 Å². The summed E-state index contributed by atoms with van der Waals surface area (Å²) in [4.78, 5) is 7.21. The van der Waals surface area contributed by atoms with E-state index in [-0.39, 0.29) is 0 Å². The van der Waals surface area contributed by atoms with E-state index in [1.165, 1.54) is 9.75 Å². The second kappa shape index (κ2) is 6.28. The first-order valence-electron chi connectivity index (χ1n) is 6.71. The Bertz CT molecular complexity index is 720. The second-order valence-electron chi connectivity index (χ2n) is 4.66. The van der Waals surface area contributed by atoms with Crippen molar-refractivity contribution in [2.24, 2.45) is 0 Å². The topological polar surface area (TPSA) is 48.1 Å². The number of thiophene rings is 1. The van der Waals surface area contributed by atoms with Crippen LogP contribution < -0.4 is 10.5 Å². The Hall–Kier alpha value is -1.85. The van der Waals surface area contributed by atoms with E-state index in [0.29, 0.717) is 6.61 Å². The van der Waals surface area contributed by atoms with E-state index in [2.05, 4.69) is 24.4 Å². The van der Waals surface area contributed by atoms with Crippen molar-refractivity contribution < 1.29 is 4.74 Å². The van der Waals surface area contributed by atoms with Gasteiger partial charge < -0.3 is 10.5 Å². The molecule has 3 aromatic rings. The van der Waals surface area contributed by atoms with Crippen molar-refractivity contribution in [3.8, 4) is 16.3 Å². The summed E-state index contributed by atoms with van der Waals surface area (Å²) >= 11 is 3.47. The molecule has 2 heterocycles. The van der Waals surface area contributed by atoms with Crippen molar-refractivity contribution in [3.63, 3.8) is 0 Å². The minimum absolute atomic E-state index is 0.611. The number of thiazole rings is 1. The first-order chi connectivity index (χ1) is 10.2. The predicted octanol–water partition coefficient (Wildman–Crippen LogP) is 4.38. The number of nitrogens with zero attached hydrogens (tertiary/aromatic N) is 1. The molecule has 108 valence electrons. The van der Waals surface area contributed by atoms with E-state index >= 15 is 0 Å². The largest absolute Gasteiger partial charge is 0.493 e. The van der Waals surface area contributed by atoms with Crippen LogP contribution in [0.15, 0.2) is 41.8 Å². The maximum absolute atomic E-state index is 5.73. The molecule has 3 nitrogen and oxygen atoms in total. The molecule has 0 amide bonds. The zero-order valence-electron chi connectivity index (χ0n) is 11.7. The molecule has 0 atom stereocenters. The summed E-state index contributed by atoms with van der Waals surface area (Å²) in [7, 11) is 0. The van der Waals surface area contributed by atoms with Gasteiger partial charge in [0.25, 0.3) is 0 Å².